The molecule has 0 saturated carbocycles. The second-order valence-electron chi connectivity index (χ2n) is 17.4. The number of hydrogen-bond acceptors (Lipinski definition) is 6. The van der Waals surface area contributed by atoms with Gasteiger partial charge in [-0.25, -0.2) is 28.2 Å². The quantitative estimate of drug-likeness (QED) is 0.128. The number of benzene rings is 4. The Hall–Kier alpha value is -8.54. The summed E-state index contributed by atoms with van der Waals surface area (Å²) in [5.41, 5.74) is 13.4. The molecule has 13 heteroatoms. The van der Waals surface area contributed by atoms with Crippen molar-refractivity contribution in [1.29, 1.82) is 0 Å². The van der Waals surface area contributed by atoms with Gasteiger partial charge >= 0.3 is 19.5 Å². The SMILES string of the molecule is C[n+]1ccc(-c2cccc3c2-c2nc-3nc3[n-]c(nc4nc(nc5[n-]c(n2)c2cccc(-c6cc[n+](C)cc6)c52)-c2cccc(-c5cc[n+](C)cc5)c2-4)c2cccc(-c4cc[n+](C)cc4)c32)cc1.[Zn+2]. The summed E-state index contributed by atoms with van der Waals surface area (Å²) in [4.78, 5) is 43.0. The van der Waals surface area contributed by atoms with Crippen LogP contribution >= 0.6 is 0 Å². The van der Waals surface area contributed by atoms with Crippen LogP contribution in [-0.2, 0) is 47.7 Å². The van der Waals surface area contributed by atoms with Crippen molar-refractivity contribution in [2.75, 3.05) is 0 Å². The predicted octanol–water partition coefficient (Wildman–Crippen LogP) is 8.09. The van der Waals surface area contributed by atoms with E-state index in [1.807, 2.05) is 96.0 Å². The molecule has 0 saturated heterocycles. The van der Waals surface area contributed by atoms with Crippen LogP contribution < -0.4 is 28.2 Å². The Morgan fingerprint density at radius 1 is 0.304 bits per heavy atom. The minimum atomic E-state index is 0. The van der Waals surface area contributed by atoms with Gasteiger partial charge in [-0.1, -0.05) is 72.8 Å². The van der Waals surface area contributed by atoms with Crippen LogP contribution in [0.25, 0.3) is 134 Å². The van der Waals surface area contributed by atoms with Gasteiger partial charge in [0.1, 0.15) is 28.2 Å². The normalized spacial score (nSPS) is 11.7. The minimum absolute atomic E-state index is 0. The number of aromatic nitrogens is 12. The van der Waals surface area contributed by atoms with Crippen LogP contribution in [0.3, 0.4) is 0 Å². The Balaban J connectivity index is 0.00000492. The van der Waals surface area contributed by atoms with E-state index in [9.17, 15) is 0 Å². The van der Waals surface area contributed by atoms with Gasteiger partial charge in [0, 0.05) is 104 Å². The molecule has 0 N–H and O–H groups in total. The van der Waals surface area contributed by atoms with Gasteiger partial charge in [-0.2, -0.15) is 0 Å². The second-order valence-corrected chi connectivity index (χ2v) is 17.4. The number of aryl methyl sites for hydroxylation is 4. The summed E-state index contributed by atoms with van der Waals surface area (Å²) in [6.45, 7) is 0. The molecule has 0 radical (unpaired) electrons. The van der Waals surface area contributed by atoms with Crippen molar-refractivity contribution in [3.8, 4) is 90.1 Å². The molecule has 7 aromatic heterocycles. The zero-order valence-corrected chi connectivity index (χ0v) is 41.2. The molecular weight excluding hydrogens is 906 g/mol. The van der Waals surface area contributed by atoms with Gasteiger partial charge in [-0.15, -0.1) is 0 Å². The van der Waals surface area contributed by atoms with Crippen molar-refractivity contribution in [3.63, 3.8) is 0 Å². The molecule has 0 atom stereocenters. The third-order valence-corrected chi connectivity index (χ3v) is 13.0. The number of fused-ring (bicyclic) bond motifs is 20. The predicted molar refractivity (Wildman–Crippen MR) is 260 cm³/mol. The van der Waals surface area contributed by atoms with Crippen LogP contribution in [0.1, 0.15) is 0 Å². The van der Waals surface area contributed by atoms with E-state index in [2.05, 4.69) is 121 Å². The first-order valence-electron chi connectivity index (χ1n) is 22.4. The summed E-state index contributed by atoms with van der Waals surface area (Å²) in [6.07, 6.45) is 16.4. The molecule has 0 spiro atoms. The maximum atomic E-state index is 5.42. The van der Waals surface area contributed by atoms with E-state index >= 15 is 0 Å². The molecule has 0 aliphatic carbocycles. The first-order valence-corrected chi connectivity index (χ1v) is 22.4. The molecular formula is C56H40N12Zn+4. The number of nitrogens with zero attached hydrogens (tertiary/aromatic N) is 12. The molecule has 4 aromatic carbocycles. The van der Waals surface area contributed by atoms with E-state index in [0.29, 0.717) is 45.9 Å². The van der Waals surface area contributed by atoms with Gasteiger partial charge < -0.3 is 29.9 Å². The zero-order chi connectivity index (χ0) is 45.6. The van der Waals surface area contributed by atoms with Crippen LogP contribution in [-0.4, -0.2) is 29.9 Å². The molecule has 8 bridgehead atoms. The average Bonchev–Trinajstić information content (AvgIpc) is 4.11. The molecule has 69 heavy (non-hydrogen) atoms. The molecule has 0 unspecified atom stereocenters. The fourth-order valence-corrected chi connectivity index (χ4v) is 9.53. The van der Waals surface area contributed by atoms with Crippen LogP contribution in [0.5, 0.6) is 0 Å². The van der Waals surface area contributed by atoms with Crippen molar-refractivity contribution in [3.05, 3.63) is 171 Å². The van der Waals surface area contributed by atoms with Crippen molar-refractivity contribution in [2.45, 2.75) is 0 Å². The molecule has 12 nitrogen and oxygen atoms in total. The monoisotopic (exact) mass is 944 g/mol. The standard InChI is InChI=1S/C56H40N12.Zn/c1-65-25-17-33(18-26-65)37-9-5-13-41-45(37)53-57-49(41)62-54-47-39(35-21-29-67(3)30-22-35)11-7-15-43(47)51(59-54)64-56-48-40(36-23-31-68(4)32-24-36)12-8-16-44(48)52(60-56)63-55-46-38(34-19-27-66(2)28-20-34)10-6-14-42(46)50(58-55)61-53;/h5-32H,1-4H3;/q2*+2. The maximum Gasteiger partial charge on any atom is 2.00 e. The zero-order valence-electron chi connectivity index (χ0n) is 38.2. The third kappa shape index (κ3) is 7.00. The molecule has 11 aromatic rings. The Labute approximate surface area is 408 Å². The Morgan fingerprint density at radius 3 is 0.957 bits per heavy atom. The fraction of sp³-hybridized carbons (Fsp3) is 0.0714. The molecule has 322 valence electrons. The van der Waals surface area contributed by atoms with Gasteiger partial charge in [-0.3, -0.25) is 0 Å². The summed E-state index contributed by atoms with van der Waals surface area (Å²) in [5.74, 6) is 1.97. The van der Waals surface area contributed by atoms with Gasteiger partial charge in [-0.05, 0) is 55.3 Å². The van der Waals surface area contributed by atoms with Crippen molar-refractivity contribution >= 4 is 44.1 Å². The molecule has 2 aliphatic heterocycles. The molecule has 9 heterocycles. The van der Waals surface area contributed by atoms with Crippen LogP contribution in [0.4, 0.5) is 0 Å². The van der Waals surface area contributed by atoms with Crippen molar-refractivity contribution < 1.29 is 37.7 Å². The second kappa shape index (κ2) is 16.4. The van der Waals surface area contributed by atoms with E-state index in [0.717, 1.165) is 88.3 Å². The molecule has 13 rings (SSSR count). The van der Waals surface area contributed by atoms with E-state index < -0.39 is 0 Å². The maximum absolute atomic E-state index is 5.42. The first kappa shape index (κ1) is 41.9. The smallest absolute Gasteiger partial charge is 0.357 e. The van der Waals surface area contributed by atoms with E-state index in [-0.39, 0.29) is 19.5 Å². The largest absolute Gasteiger partial charge is 2.00 e. The summed E-state index contributed by atoms with van der Waals surface area (Å²) < 4.78 is 8.10. The Kier molecular flexibility index (Phi) is 9.92. The topological polar surface area (TPSA) is 121 Å². The fourth-order valence-electron chi connectivity index (χ4n) is 9.53. The summed E-state index contributed by atoms with van der Waals surface area (Å²) >= 11 is 0. The van der Waals surface area contributed by atoms with Gasteiger partial charge in [0.25, 0.3) is 0 Å². The van der Waals surface area contributed by atoms with Gasteiger partial charge in [0.05, 0.1) is 23.3 Å². The Bertz CT molecular complexity index is 3790. The third-order valence-electron chi connectivity index (χ3n) is 13.0. The summed E-state index contributed by atoms with van der Waals surface area (Å²) in [6, 6.07) is 41.8. The van der Waals surface area contributed by atoms with Crippen molar-refractivity contribution in [1.82, 2.24) is 39.9 Å². The summed E-state index contributed by atoms with van der Waals surface area (Å²) in [5, 5.41) is 3.39. The number of rotatable bonds is 4. The number of hydrogen-bond donors (Lipinski definition) is 0. The van der Waals surface area contributed by atoms with E-state index in [1.165, 1.54) is 0 Å². The van der Waals surface area contributed by atoms with Crippen LogP contribution in [0.15, 0.2) is 171 Å². The van der Waals surface area contributed by atoms with Crippen LogP contribution in [0, 0.1) is 0 Å². The van der Waals surface area contributed by atoms with Gasteiger partial charge in [0.2, 0.25) is 0 Å². The van der Waals surface area contributed by atoms with Crippen LogP contribution in [0.2, 0.25) is 0 Å². The summed E-state index contributed by atoms with van der Waals surface area (Å²) in [7, 11) is 8.06. The Morgan fingerprint density at radius 2 is 0.594 bits per heavy atom. The first-order chi connectivity index (χ1) is 33.3. The van der Waals surface area contributed by atoms with Gasteiger partial charge in [0.15, 0.2) is 49.6 Å². The molecule has 0 fully saturated rings. The van der Waals surface area contributed by atoms with E-state index in [4.69, 9.17) is 39.9 Å². The number of pyridine rings is 4. The average molecular weight is 946 g/mol. The van der Waals surface area contributed by atoms with Crippen molar-refractivity contribution in [2.24, 2.45) is 28.2 Å². The molecule has 2 aliphatic rings. The van der Waals surface area contributed by atoms with E-state index in [1.54, 1.807) is 0 Å². The minimum Gasteiger partial charge on any atom is -0.357 e. The molecule has 0 amide bonds.